The lowest BCUT2D eigenvalue weighted by atomic mass is 9.99. The van der Waals surface area contributed by atoms with Gasteiger partial charge in [0, 0.05) is 11.4 Å². The average molecular weight is 349 g/mol. The highest BCUT2D eigenvalue weighted by Crippen LogP contribution is 2.35. The largest absolute Gasteiger partial charge is 0.247 e. The molecule has 1 heterocycles. The number of benzene rings is 2. The summed E-state index contributed by atoms with van der Waals surface area (Å²) in [4.78, 5) is 0. The molecule has 1 aliphatic rings. The molecule has 1 atom stereocenters. The standard InChI is InChI=1S/C17H17ClN2O2S/c1-12-6-8-13(9-7-12)16-11-17(20(19-16)23(2,21)22)14-4-3-5-15(18)10-14/h3-10,17H,11H2,1-2H3/t17-/m1/s1. The minimum atomic E-state index is -3.46. The molecule has 0 radical (unpaired) electrons. The summed E-state index contributed by atoms with van der Waals surface area (Å²) in [6, 6.07) is 14.8. The van der Waals surface area contributed by atoms with Crippen LogP contribution in [0.2, 0.25) is 5.02 Å². The first kappa shape index (κ1) is 16.0. The zero-order chi connectivity index (χ0) is 16.6. The molecular weight excluding hydrogens is 332 g/mol. The van der Waals surface area contributed by atoms with Crippen LogP contribution in [0.3, 0.4) is 0 Å². The molecule has 0 aromatic heterocycles. The Morgan fingerprint density at radius 3 is 2.48 bits per heavy atom. The minimum Gasteiger partial charge on any atom is -0.205 e. The number of sulfonamides is 1. The molecule has 1 aliphatic heterocycles. The van der Waals surface area contributed by atoms with E-state index < -0.39 is 10.0 Å². The molecule has 4 nitrogen and oxygen atoms in total. The van der Waals surface area contributed by atoms with E-state index in [1.807, 2.05) is 43.3 Å². The summed E-state index contributed by atoms with van der Waals surface area (Å²) < 4.78 is 25.4. The van der Waals surface area contributed by atoms with Crippen molar-refractivity contribution in [2.75, 3.05) is 6.26 Å². The monoisotopic (exact) mass is 348 g/mol. The molecule has 0 fully saturated rings. The highest BCUT2D eigenvalue weighted by molar-refractivity contribution is 7.88. The van der Waals surface area contributed by atoms with Gasteiger partial charge in [-0.05, 0) is 30.2 Å². The van der Waals surface area contributed by atoms with Gasteiger partial charge in [-0.25, -0.2) is 8.42 Å². The zero-order valence-electron chi connectivity index (χ0n) is 12.9. The van der Waals surface area contributed by atoms with E-state index in [9.17, 15) is 8.42 Å². The molecule has 120 valence electrons. The maximum absolute atomic E-state index is 12.1. The van der Waals surface area contributed by atoms with E-state index in [1.165, 1.54) is 10.7 Å². The van der Waals surface area contributed by atoms with Gasteiger partial charge in [0.1, 0.15) is 0 Å². The van der Waals surface area contributed by atoms with Crippen LogP contribution in [0.15, 0.2) is 53.6 Å². The number of nitrogens with zero attached hydrogens (tertiary/aromatic N) is 2. The Kier molecular flexibility index (Phi) is 4.17. The van der Waals surface area contributed by atoms with Crippen molar-refractivity contribution < 1.29 is 8.42 Å². The number of aryl methyl sites for hydroxylation is 1. The molecular formula is C17H17ClN2O2S. The number of hydrogen-bond donors (Lipinski definition) is 0. The van der Waals surface area contributed by atoms with Crippen molar-refractivity contribution in [3.8, 4) is 0 Å². The fourth-order valence-electron chi connectivity index (χ4n) is 2.68. The second kappa shape index (κ2) is 5.98. The molecule has 6 heteroatoms. The van der Waals surface area contributed by atoms with Crippen molar-refractivity contribution in [3.63, 3.8) is 0 Å². The van der Waals surface area contributed by atoms with E-state index in [0.717, 1.165) is 22.4 Å². The maximum atomic E-state index is 12.1. The highest BCUT2D eigenvalue weighted by Gasteiger charge is 2.34. The van der Waals surface area contributed by atoms with Crippen molar-refractivity contribution >= 4 is 27.3 Å². The van der Waals surface area contributed by atoms with Crippen LogP contribution in [0, 0.1) is 6.92 Å². The lowest BCUT2D eigenvalue weighted by Gasteiger charge is -2.21. The molecule has 0 unspecified atom stereocenters. The molecule has 3 rings (SSSR count). The molecule has 0 amide bonds. The van der Waals surface area contributed by atoms with Gasteiger partial charge >= 0.3 is 0 Å². The lowest BCUT2D eigenvalue weighted by molar-refractivity contribution is 0.375. The second-order valence-electron chi connectivity index (χ2n) is 5.72. The lowest BCUT2D eigenvalue weighted by Crippen LogP contribution is -2.25. The predicted molar refractivity (Wildman–Crippen MR) is 93.2 cm³/mol. The summed E-state index contributed by atoms with van der Waals surface area (Å²) in [5.74, 6) is 0. The Morgan fingerprint density at radius 1 is 1.17 bits per heavy atom. The minimum absolute atomic E-state index is 0.361. The van der Waals surface area contributed by atoms with Gasteiger partial charge < -0.3 is 0 Å². The Balaban J connectivity index is 2.01. The van der Waals surface area contributed by atoms with Crippen LogP contribution < -0.4 is 0 Å². The molecule has 0 spiro atoms. The third-order valence-electron chi connectivity index (χ3n) is 3.83. The second-order valence-corrected chi connectivity index (χ2v) is 8.00. The van der Waals surface area contributed by atoms with Crippen LogP contribution in [0.25, 0.3) is 0 Å². The van der Waals surface area contributed by atoms with Crippen LogP contribution in [-0.2, 0) is 10.0 Å². The molecule has 2 aromatic rings. The summed E-state index contributed by atoms with van der Waals surface area (Å²) in [5, 5.41) is 4.95. The van der Waals surface area contributed by atoms with E-state index >= 15 is 0 Å². The van der Waals surface area contributed by atoms with Crippen molar-refractivity contribution in [1.29, 1.82) is 0 Å². The van der Waals surface area contributed by atoms with E-state index in [-0.39, 0.29) is 6.04 Å². The normalized spacial score (nSPS) is 18.1. The van der Waals surface area contributed by atoms with Gasteiger partial charge in [-0.15, -0.1) is 0 Å². The number of halogens is 1. The molecule has 0 bridgehead atoms. The first-order valence-corrected chi connectivity index (χ1v) is 9.46. The van der Waals surface area contributed by atoms with Crippen LogP contribution in [0.1, 0.15) is 29.2 Å². The van der Waals surface area contributed by atoms with Gasteiger partial charge in [-0.3, -0.25) is 0 Å². The highest BCUT2D eigenvalue weighted by atomic mass is 35.5. The first-order valence-electron chi connectivity index (χ1n) is 7.24. The van der Waals surface area contributed by atoms with Crippen LogP contribution >= 0.6 is 11.6 Å². The van der Waals surface area contributed by atoms with Crippen LogP contribution in [0.4, 0.5) is 0 Å². The SMILES string of the molecule is Cc1ccc(C2=NN(S(C)(=O)=O)[C@@H](c3cccc(Cl)c3)C2)cc1. The van der Waals surface area contributed by atoms with Gasteiger partial charge in [0.15, 0.2) is 0 Å². The number of rotatable bonds is 3. The Bertz CT molecular complexity index is 860. The van der Waals surface area contributed by atoms with Gasteiger partial charge in [-0.1, -0.05) is 53.6 Å². The van der Waals surface area contributed by atoms with Gasteiger partial charge in [0.25, 0.3) is 0 Å². The number of hydrazone groups is 1. The first-order chi connectivity index (χ1) is 10.8. The molecule has 23 heavy (non-hydrogen) atoms. The molecule has 0 saturated heterocycles. The van der Waals surface area contributed by atoms with Crippen LogP contribution in [0.5, 0.6) is 0 Å². The van der Waals surface area contributed by atoms with Crippen molar-refractivity contribution in [3.05, 3.63) is 70.2 Å². The zero-order valence-corrected chi connectivity index (χ0v) is 14.5. The van der Waals surface area contributed by atoms with Gasteiger partial charge in [0.2, 0.25) is 10.0 Å². The van der Waals surface area contributed by atoms with E-state index in [0.29, 0.717) is 11.4 Å². The molecule has 0 N–H and O–H groups in total. The number of hydrogen-bond acceptors (Lipinski definition) is 3. The van der Waals surface area contributed by atoms with E-state index in [1.54, 1.807) is 12.1 Å². The smallest absolute Gasteiger partial charge is 0.205 e. The Hall–Kier alpha value is -1.85. The summed E-state index contributed by atoms with van der Waals surface area (Å²) >= 11 is 6.05. The van der Waals surface area contributed by atoms with Crippen LogP contribution in [-0.4, -0.2) is 24.8 Å². The van der Waals surface area contributed by atoms with Gasteiger partial charge in [-0.2, -0.15) is 9.52 Å². The molecule has 2 aromatic carbocycles. The fourth-order valence-corrected chi connectivity index (χ4v) is 3.78. The Labute approximate surface area is 141 Å². The van der Waals surface area contributed by atoms with E-state index in [2.05, 4.69) is 5.10 Å². The average Bonchev–Trinajstić information content (AvgIpc) is 2.93. The summed E-state index contributed by atoms with van der Waals surface area (Å²) in [7, 11) is -3.46. The third kappa shape index (κ3) is 3.41. The maximum Gasteiger partial charge on any atom is 0.247 e. The quantitative estimate of drug-likeness (QED) is 0.848. The molecule has 0 aliphatic carbocycles. The van der Waals surface area contributed by atoms with Crippen molar-refractivity contribution in [2.45, 2.75) is 19.4 Å². The Morgan fingerprint density at radius 2 is 1.87 bits per heavy atom. The van der Waals surface area contributed by atoms with Crippen molar-refractivity contribution in [1.82, 2.24) is 4.41 Å². The van der Waals surface area contributed by atoms with Gasteiger partial charge in [0.05, 0.1) is 18.0 Å². The summed E-state index contributed by atoms with van der Waals surface area (Å²) in [6.07, 6.45) is 1.70. The summed E-state index contributed by atoms with van der Waals surface area (Å²) in [5.41, 5.74) is 3.70. The summed E-state index contributed by atoms with van der Waals surface area (Å²) in [6.45, 7) is 2.01. The fraction of sp³-hybridized carbons (Fsp3) is 0.235. The predicted octanol–water partition coefficient (Wildman–Crippen LogP) is 3.76. The van der Waals surface area contributed by atoms with E-state index in [4.69, 9.17) is 11.6 Å². The molecule has 0 saturated carbocycles. The third-order valence-corrected chi connectivity index (χ3v) is 5.08. The van der Waals surface area contributed by atoms with Crippen molar-refractivity contribution in [2.24, 2.45) is 5.10 Å². The topological polar surface area (TPSA) is 49.7 Å².